The largest absolute Gasteiger partial charge is 0.334 e. The Kier molecular flexibility index (Phi) is 8.16. The van der Waals surface area contributed by atoms with Crippen molar-refractivity contribution in [2.75, 3.05) is 13.1 Å². The summed E-state index contributed by atoms with van der Waals surface area (Å²) in [7, 11) is 0. The lowest BCUT2D eigenvalue weighted by molar-refractivity contribution is -0.199. The predicted molar refractivity (Wildman–Crippen MR) is 145 cm³/mol. The fourth-order valence-electron chi connectivity index (χ4n) is 6.13. The van der Waals surface area contributed by atoms with Crippen molar-refractivity contribution in [1.82, 2.24) is 25.1 Å². The minimum atomic E-state index is -0.786. The molecule has 5 rings (SSSR count). The van der Waals surface area contributed by atoms with Gasteiger partial charge in [-0.05, 0) is 49.4 Å². The van der Waals surface area contributed by atoms with E-state index in [1.807, 2.05) is 54.1 Å². The molecule has 1 unspecified atom stereocenters. The van der Waals surface area contributed by atoms with E-state index in [4.69, 9.17) is 0 Å². The number of hydrogen-bond donors (Lipinski definition) is 1. The quantitative estimate of drug-likeness (QED) is 0.594. The molecule has 2 aromatic carbocycles. The van der Waals surface area contributed by atoms with Crippen LogP contribution in [0.4, 0.5) is 9.18 Å². The number of nitrogens with one attached hydrogen (secondary N) is 1. The summed E-state index contributed by atoms with van der Waals surface area (Å²) in [6.45, 7) is 4.54. The van der Waals surface area contributed by atoms with Gasteiger partial charge in [-0.1, -0.05) is 68.7 Å². The number of nitrogens with zero attached hydrogens (tertiary/aromatic N) is 4. The van der Waals surface area contributed by atoms with Gasteiger partial charge in [0.25, 0.3) is 0 Å². The first-order valence-corrected chi connectivity index (χ1v) is 14.1. The van der Waals surface area contributed by atoms with Crippen molar-refractivity contribution in [2.24, 2.45) is 0 Å². The van der Waals surface area contributed by atoms with Crippen molar-refractivity contribution in [1.29, 1.82) is 0 Å². The number of rotatable bonds is 6. The van der Waals surface area contributed by atoms with E-state index < -0.39 is 12.2 Å². The number of carbonyl (C=O) groups is 3. The molecule has 1 saturated carbocycles. The maximum atomic E-state index is 14.1. The number of fused-ring (bicyclic) bond motifs is 1. The number of piperazine rings is 1. The highest BCUT2D eigenvalue weighted by Gasteiger charge is 2.53. The minimum Gasteiger partial charge on any atom is -0.334 e. The van der Waals surface area contributed by atoms with Gasteiger partial charge in [-0.3, -0.25) is 9.59 Å². The van der Waals surface area contributed by atoms with Crippen LogP contribution < -0.4 is 5.32 Å². The molecule has 3 atom stereocenters. The summed E-state index contributed by atoms with van der Waals surface area (Å²) in [6, 6.07) is 14.3. The van der Waals surface area contributed by atoms with E-state index in [2.05, 4.69) is 5.32 Å². The topological polar surface area (TPSA) is 76.2 Å². The first-order chi connectivity index (χ1) is 18.9. The molecule has 3 fully saturated rings. The molecule has 39 heavy (non-hydrogen) atoms. The van der Waals surface area contributed by atoms with Crippen LogP contribution in [-0.4, -0.2) is 69.0 Å². The summed E-state index contributed by atoms with van der Waals surface area (Å²) in [5.41, 5.74) is 1.53. The SMILES string of the molecule is CCC(C)N1CC(=O)N2[C@@H](c3ccccc3)C(=O)N(C3CCCCC3)C[C@@H]2N1C(=O)NCc1ccc(F)cc1. The standard InChI is InChI=1S/C30H38FN5O3/c1-3-21(2)34-20-27(37)35-26(36(34)30(39)32-18-22-14-16-24(31)17-15-22)19-33(25-12-8-5-9-13-25)29(38)28(35)23-10-6-4-7-11-23/h4,6-7,10-11,14-17,21,25-26,28H,3,5,8-9,12-13,18-20H2,1-2H3,(H,32,39)/t21?,26-,28-/m0/s1. The second-order valence-corrected chi connectivity index (χ2v) is 10.9. The fraction of sp³-hybridized carbons (Fsp3) is 0.500. The maximum Gasteiger partial charge on any atom is 0.334 e. The Morgan fingerprint density at radius 1 is 1.03 bits per heavy atom. The van der Waals surface area contributed by atoms with Gasteiger partial charge < -0.3 is 15.1 Å². The number of hydrazine groups is 1. The van der Waals surface area contributed by atoms with Crippen molar-refractivity contribution >= 4 is 17.8 Å². The van der Waals surface area contributed by atoms with Crippen LogP contribution in [0.15, 0.2) is 54.6 Å². The Balaban J connectivity index is 1.51. The van der Waals surface area contributed by atoms with Gasteiger partial charge >= 0.3 is 6.03 Å². The highest BCUT2D eigenvalue weighted by Crippen LogP contribution is 2.38. The lowest BCUT2D eigenvalue weighted by Crippen LogP contribution is -2.76. The van der Waals surface area contributed by atoms with Crippen LogP contribution >= 0.6 is 0 Å². The van der Waals surface area contributed by atoms with E-state index in [-0.39, 0.29) is 55.4 Å². The zero-order valence-electron chi connectivity index (χ0n) is 22.8. The highest BCUT2D eigenvalue weighted by molar-refractivity contribution is 5.92. The van der Waals surface area contributed by atoms with Gasteiger partial charge in [0, 0.05) is 18.6 Å². The van der Waals surface area contributed by atoms with Crippen molar-refractivity contribution < 1.29 is 18.8 Å². The van der Waals surface area contributed by atoms with Crippen molar-refractivity contribution in [3.63, 3.8) is 0 Å². The predicted octanol–water partition coefficient (Wildman–Crippen LogP) is 4.44. The average molecular weight is 536 g/mol. The lowest BCUT2D eigenvalue weighted by Gasteiger charge is -2.57. The molecule has 0 aromatic heterocycles. The van der Waals surface area contributed by atoms with Gasteiger partial charge in [-0.15, -0.1) is 0 Å². The number of benzene rings is 2. The summed E-state index contributed by atoms with van der Waals surface area (Å²) < 4.78 is 13.4. The van der Waals surface area contributed by atoms with Crippen molar-refractivity contribution in [3.8, 4) is 0 Å². The fourth-order valence-corrected chi connectivity index (χ4v) is 6.13. The maximum absolute atomic E-state index is 14.1. The van der Waals surface area contributed by atoms with E-state index in [9.17, 15) is 18.8 Å². The first kappa shape index (κ1) is 27.1. The summed E-state index contributed by atoms with van der Waals surface area (Å²) >= 11 is 0. The summed E-state index contributed by atoms with van der Waals surface area (Å²) in [4.78, 5) is 45.3. The zero-order chi connectivity index (χ0) is 27.5. The molecule has 0 bridgehead atoms. The minimum absolute atomic E-state index is 0.00944. The average Bonchev–Trinajstić information content (AvgIpc) is 2.97. The summed E-state index contributed by atoms with van der Waals surface area (Å²) in [5, 5.41) is 6.50. The van der Waals surface area contributed by atoms with Gasteiger partial charge in [0.2, 0.25) is 11.8 Å². The van der Waals surface area contributed by atoms with E-state index in [0.717, 1.165) is 49.7 Å². The number of urea groups is 1. The summed E-state index contributed by atoms with van der Waals surface area (Å²) in [5.74, 6) is -0.561. The molecule has 2 aliphatic heterocycles. The zero-order valence-corrected chi connectivity index (χ0v) is 22.8. The normalized spacial score (nSPS) is 23.5. The third kappa shape index (κ3) is 5.50. The molecule has 0 spiro atoms. The first-order valence-electron chi connectivity index (χ1n) is 14.1. The number of hydrogen-bond acceptors (Lipinski definition) is 4. The second-order valence-electron chi connectivity index (χ2n) is 10.9. The van der Waals surface area contributed by atoms with Gasteiger partial charge in [0.1, 0.15) is 18.0 Å². The summed E-state index contributed by atoms with van der Waals surface area (Å²) in [6.07, 6.45) is 5.26. The van der Waals surface area contributed by atoms with E-state index >= 15 is 0 Å². The van der Waals surface area contributed by atoms with Gasteiger partial charge in [0.15, 0.2) is 0 Å². The molecule has 2 saturated heterocycles. The van der Waals surface area contributed by atoms with Crippen LogP contribution in [0, 0.1) is 5.82 Å². The molecule has 1 aliphatic carbocycles. The third-order valence-corrected chi connectivity index (χ3v) is 8.42. The van der Waals surface area contributed by atoms with Crippen LogP contribution in [0.25, 0.3) is 0 Å². The van der Waals surface area contributed by atoms with Gasteiger partial charge in [-0.2, -0.15) is 0 Å². The Hall–Kier alpha value is -3.46. The molecule has 1 N–H and O–H groups in total. The molecule has 208 valence electrons. The van der Waals surface area contributed by atoms with Gasteiger partial charge in [-0.25, -0.2) is 19.2 Å². The van der Waals surface area contributed by atoms with Crippen LogP contribution in [0.5, 0.6) is 0 Å². The molecule has 9 heteroatoms. The molecular formula is C30H38FN5O3. The Morgan fingerprint density at radius 3 is 2.38 bits per heavy atom. The third-order valence-electron chi connectivity index (χ3n) is 8.42. The Morgan fingerprint density at radius 2 is 1.72 bits per heavy atom. The Labute approximate surface area is 229 Å². The highest BCUT2D eigenvalue weighted by atomic mass is 19.1. The van der Waals surface area contributed by atoms with Crippen LogP contribution in [0.1, 0.15) is 69.5 Å². The second kappa shape index (κ2) is 11.7. The molecule has 0 radical (unpaired) electrons. The smallest absolute Gasteiger partial charge is 0.334 e. The monoisotopic (exact) mass is 535 g/mol. The van der Waals surface area contributed by atoms with E-state index in [1.165, 1.54) is 12.1 Å². The number of halogens is 1. The van der Waals surface area contributed by atoms with E-state index in [0.29, 0.717) is 0 Å². The van der Waals surface area contributed by atoms with Crippen molar-refractivity contribution in [3.05, 3.63) is 71.5 Å². The van der Waals surface area contributed by atoms with E-state index in [1.54, 1.807) is 22.0 Å². The van der Waals surface area contributed by atoms with Crippen LogP contribution in [0.3, 0.4) is 0 Å². The van der Waals surface area contributed by atoms with Crippen LogP contribution in [0.2, 0.25) is 0 Å². The van der Waals surface area contributed by atoms with Crippen molar-refractivity contribution in [2.45, 2.75) is 83.2 Å². The number of amides is 4. The molecule has 2 heterocycles. The molecule has 2 aromatic rings. The molecular weight excluding hydrogens is 497 g/mol. The Bertz CT molecular complexity index is 1170. The van der Waals surface area contributed by atoms with Crippen LogP contribution in [-0.2, 0) is 16.1 Å². The lowest BCUT2D eigenvalue weighted by atomic mass is 9.91. The van der Waals surface area contributed by atoms with Gasteiger partial charge in [0.05, 0.1) is 13.1 Å². The molecule has 3 aliphatic rings. The molecule has 8 nitrogen and oxygen atoms in total. The number of carbonyl (C=O) groups excluding carboxylic acids is 3. The molecule has 4 amide bonds.